The number of rotatable bonds is 3. The Morgan fingerprint density at radius 3 is 2.82 bits per heavy atom. The van der Waals surface area contributed by atoms with E-state index in [9.17, 15) is 13.6 Å². The minimum absolute atomic E-state index is 0.0943. The van der Waals surface area contributed by atoms with Crippen molar-refractivity contribution in [1.82, 2.24) is 4.98 Å². The summed E-state index contributed by atoms with van der Waals surface area (Å²) >= 11 is 1.64. The van der Waals surface area contributed by atoms with Crippen LogP contribution in [0.1, 0.15) is 35.1 Å². The number of esters is 1. The third-order valence-electron chi connectivity index (χ3n) is 1.81. The zero-order chi connectivity index (χ0) is 13.0. The van der Waals surface area contributed by atoms with Crippen molar-refractivity contribution in [2.45, 2.75) is 13.3 Å². The second-order valence-electron chi connectivity index (χ2n) is 2.88. The Morgan fingerprint density at radius 2 is 2.35 bits per heavy atom. The summed E-state index contributed by atoms with van der Waals surface area (Å²) in [4.78, 5) is 14.9. The molecule has 7 heteroatoms. The monoisotopic (exact) mass is 352 g/mol. The van der Waals surface area contributed by atoms with Gasteiger partial charge in [-0.05, 0) is 35.6 Å². The molecular formula is C10H7F2IN2O2. The van der Waals surface area contributed by atoms with Gasteiger partial charge in [0, 0.05) is 3.57 Å². The van der Waals surface area contributed by atoms with E-state index in [0.29, 0.717) is 0 Å². The first-order chi connectivity index (χ1) is 8.01. The molecule has 1 rings (SSSR count). The average Bonchev–Trinajstić information content (AvgIpc) is 2.28. The molecule has 0 aliphatic rings. The molecule has 1 aromatic heterocycles. The minimum atomic E-state index is -2.79. The van der Waals surface area contributed by atoms with Gasteiger partial charge in [-0.3, -0.25) is 0 Å². The molecule has 0 aliphatic carbocycles. The Hall–Kier alpha value is -1.30. The van der Waals surface area contributed by atoms with Crippen LogP contribution in [0, 0.1) is 14.9 Å². The van der Waals surface area contributed by atoms with Crippen LogP contribution in [0.3, 0.4) is 0 Å². The van der Waals surface area contributed by atoms with Crippen molar-refractivity contribution in [3.63, 3.8) is 0 Å². The Labute approximate surface area is 110 Å². The number of carbonyl (C=O) groups is 1. The van der Waals surface area contributed by atoms with Crippen molar-refractivity contribution in [2.24, 2.45) is 0 Å². The number of nitrogens with zero attached hydrogens (tertiary/aromatic N) is 2. The van der Waals surface area contributed by atoms with Gasteiger partial charge in [-0.1, -0.05) is 0 Å². The van der Waals surface area contributed by atoms with E-state index in [1.165, 1.54) is 6.07 Å². The van der Waals surface area contributed by atoms with E-state index in [-0.39, 0.29) is 21.4 Å². The van der Waals surface area contributed by atoms with Crippen molar-refractivity contribution < 1.29 is 18.3 Å². The molecule has 0 fully saturated rings. The molecule has 0 atom stereocenters. The largest absolute Gasteiger partial charge is 0.462 e. The quantitative estimate of drug-likeness (QED) is 0.620. The van der Waals surface area contributed by atoms with Gasteiger partial charge < -0.3 is 4.74 Å². The first kappa shape index (κ1) is 13.8. The minimum Gasteiger partial charge on any atom is -0.462 e. The van der Waals surface area contributed by atoms with Crippen molar-refractivity contribution >= 4 is 28.6 Å². The van der Waals surface area contributed by atoms with Gasteiger partial charge >= 0.3 is 5.97 Å². The van der Waals surface area contributed by atoms with E-state index in [4.69, 9.17) is 10.00 Å². The Kier molecular flexibility index (Phi) is 4.74. The summed E-state index contributed by atoms with van der Waals surface area (Å²) in [6.07, 6.45) is -2.79. The number of hydrogen-bond donors (Lipinski definition) is 0. The number of pyridine rings is 1. The average molecular weight is 352 g/mol. The summed E-state index contributed by atoms with van der Waals surface area (Å²) in [5.74, 6) is -0.740. The van der Waals surface area contributed by atoms with Crippen LogP contribution >= 0.6 is 22.6 Å². The lowest BCUT2D eigenvalue weighted by Gasteiger charge is -2.07. The first-order valence-electron chi connectivity index (χ1n) is 4.57. The van der Waals surface area contributed by atoms with Crippen molar-refractivity contribution in [1.29, 1.82) is 5.26 Å². The standard InChI is InChI=1S/C10H7F2IN2O2/c1-2-17-10(16)5-3-6(13)8(9(11)12)15-7(5)4-14/h3,9H,2H2,1H3. The van der Waals surface area contributed by atoms with Gasteiger partial charge in [-0.25, -0.2) is 18.6 Å². The molecule has 0 unspecified atom stereocenters. The number of ether oxygens (including phenoxy) is 1. The van der Waals surface area contributed by atoms with Crippen LogP contribution < -0.4 is 0 Å². The molecule has 0 amide bonds. The molecule has 0 aliphatic heterocycles. The Bertz CT molecular complexity index is 486. The van der Waals surface area contributed by atoms with Crippen molar-refractivity contribution in [2.75, 3.05) is 6.61 Å². The molecule has 0 radical (unpaired) electrons. The van der Waals surface area contributed by atoms with E-state index < -0.39 is 18.1 Å². The predicted molar refractivity (Wildman–Crippen MR) is 62.6 cm³/mol. The van der Waals surface area contributed by atoms with E-state index >= 15 is 0 Å². The fourth-order valence-electron chi connectivity index (χ4n) is 1.11. The maximum atomic E-state index is 12.5. The molecule has 4 nitrogen and oxygen atoms in total. The Balaban J connectivity index is 3.30. The fraction of sp³-hybridized carbons (Fsp3) is 0.300. The SMILES string of the molecule is CCOC(=O)c1cc(I)c(C(F)F)nc1C#N. The van der Waals surface area contributed by atoms with E-state index in [0.717, 1.165) is 0 Å². The molecule has 0 spiro atoms. The summed E-state index contributed by atoms with van der Waals surface area (Å²) < 4.78 is 29.9. The molecule has 17 heavy (non-hydrogen) atoms. The smallest absolute Gasteiger partial charge is 0.341 e. The number of carbonyl (C=O) groups excluding carboxylic acids is 1. The summed E-state index contributed by atoms with van der Waals surface area (Å²) in [5, 5.41) is 8.77. The third-order valence-corrected chi connectivity index (χ3v) is 2.68. The molecule has 90 valence electrons. The number of hydrogen-bond acceptors (Lipinski definition) is 4. The lowest BCUT2D eigenvalue weighted by atomic mass is 10.2. The van der Waals surface area contributed by atoms with Crippen LogP contribution in [0.4, 0.5) is 8.78 Å². The second-order valence-corrected chi connectivity index (χ2v) is 4.05. The van der Waals surface area contributed by atoms with Gasteiger partial charge in [0.15, 0.2) is 5.69 Å². The Morgan fingerprint density at radius 1 is 1.71 bits per heavy atom. The molecule has 0 N–H and O–H groups in total. The highest BCUT2D eigenvalue weighted by atomic mass is 127. The summed E-state index contributed by atoms with van der Waals surface area (Å²) in [6.45, 7) is 1.74. The van der Waals surface area contributed by atoms with Gasteiger partial charge in [0.05, 0.1) is 12.2 Å². The van der Waals surface area contributed by atoms with Gasteiger partial charge in [-0.2, -0.15) is 5.26 Å². The lowest BCUT2D eigenvalue weighted by molar-refractivity contribution is 0.0524. The van der Waals surface area contributed by atoms with Crippen LogP contribution in [0.5, 0.6) is 0 Å². The van der Waals surface area contributed by atoms with Crippen molar-refractivity contribution in [3.8, 4) is 6.07 Å². The highest BCUT2D eigenvalue weighted by Crippen LogP contribution is 2.24. The van der Waals surface area contributed by atoms with E-state index in [1.54, 1.807) is 35.6 Å². The summed E-state index contributed by atoms with van der Waals surface area (Å²) in [5.41, 5.74) is -0.947. The maximum absolute atomic E-state index is 12.5. The molecule has 1 aromatic rings. The summed E-state index contributed by atoms with van der Waals surface area (Å²) in [6, 6.07) is 2.79. The predicted octanol–water partition coefficient (Wildman–Crippen LogP) is 2.67. The van der Waals surface area contributed by atoms with Crippen LogP contribution in [0.2, 0.25) is 0 Å². The van der Waals surface area contributed by atoms with E-state index in [2.05, 4.69) is 4.98 Å². The van der Waals surface area contributed by atoms with Gasteiger partial charge in [-0.15, -0.1) is 0 Å². The van der Waals surface area contributed by atoms with Crippen LogP contribution in [-0.4, -0.2) is 17.6 Å². The molecule has 1 heterocycles. The number of nitriles is 1. The second kappa shape index (κ2) is 5.86. The first-order valence-corrected chi connectivity index (χ1v) is 5.65. The van der Waals surface area contributed by atoms with Crippen molar-refractivity contribution in [3.05, 3.63) is 26.6 Å². The normalized spacial score (nSPS) is 10.1. The van der Waals surface area contributed by atoms with Gasteiger partial charge in [0.2, 0.25) is 0 Å². The maximum Gasteiger partial charge on any atom is 0.341 e. The number of halogens is 3. The molecular weight excluding hydrogens is 345 g/mol. The fourth-order valence-corrected chi connectivity index (χ4v) is 1.77. The highest BCUT2D eigenvalue weighted by Gasteiger charge is 2.21. The number of aromatic nitrogens is 1. The van der Waals surface area contributed by atoms with Gasteiger partial charge in [0.1, 0.15) is 11.8 Å². The molecule has 0 saturated heterocycles. The molecule has 0 bridgehead atoms. The highest BCUT2D eigenvalue weighted by molar-refractivity contribution is 14.1. The summed E-state index contributed by atoms with van der Waals surface area (Å²) in [7, 11) is 0. The number of alkyl halides is 2. The molecule has 0 aromatic carbocycles. The topological polar surface area (TPSA) is 63.0 Å². The van der Waals surface area contributed by atoms with Crippen LogP contribution in [0.15, 0.2) is 6.07 Å². The zero-order valence-electron chi connectivity index (χ0n) is 8.71. The zero-order valence-corrected chi connectivity index (χ0v) is 10.9. The van der Waals surface area contributed by atoms with Gasteiger partial charge in [0.25, 0.3) is 6.43 Å². The third kappa shape index (κ3) is 3.09. The van der Waals surface area contributed by atoms with E-state index in [1.807, 2.05) is 0 Å². The van der Waals surface area contributed by atoms with Crippen LogP contribution in [0.25, 0.3) is 0 Å². The lowest BCUT2D eigenvalue weighted by Crippen LogP contribution is -2.11. The van der Waals surface area contributed by atoms with Crippen LogP contribution in [-0.2, 0) is 4.74 Å². The molecule has 0 saturated carbocycles.